The summed E-state index contributed by atoms with van der Waals surface area (Å²) in [5.74, 6) is 0. The quantitative estimate of drug-likeness (QED) is 0.799. The Hall–Kier alpha value is -1.90. The fraction of sp³-hybridized carbons (Fsp3) is 0.474. The monoisotopic (exact) mass is 297 g/mol. The maximum Gasteiger partial charge on any atom is 0.250 e. The number of hydrogen-bond acceptors (Lipinski definition) is 3. The van der Waals surface area contributed by atoms with Crippen LogP contribution in [-0.4, -0.2) is 12.6 Å². The molecule has 3 nitrogen and oxygen atoms in total. The molecular formula is C19H23NO2. The lowest BCUT2D eigenvalue weighted by molar-refractivity contribution is 0.483. The van der Waals surface area contributed by atoms with Crippen molar-refractivity contribution in [2.24, 2.45) is 0 Å². The van der Waals surface area contributed by atoms with Gasteiger partial charge in [-0.2, -0.15) is 0 Å². The van der Waals surface area contributed by atoms with Gasteiger partial charge in [0.25, 0.3) is 0 Å². The Labute approximate surface area is 131 Å². The minimum atomic E-state index is -0.320. The first-order chi connectivity index (χ1) is 10.4. The molecule has 0 spiro atoms. The molecule has 0 aromatic heterocycles. The minimum Gasteiger partial charge on any atom is -0.365 e. The third-order valence-electron chi connectivity index (χ3n) is 5.09. The second-order valence-electron chi connectivity index (χ2n) is 6.67. The van der Waals surface area contributed by atoms with E-state index >= 15 is 0 Å². The average molecular weight is 297 g/mol. The maximum absolute atomic E-state index is 12.2. The van der Waals surface area contributed by atoms with Gasteiger partial charge in [0, 0.05) is 12.6 Å². The number of anilines is 1. The Morgan fingerprint density at radius 1 is 0.955 bits per heavy atom. The van der Waals surface area contributed by atoms with E-state index in [2.05, 4.69) is 30.9 Å². The van der Waals surface area contributed by atoms with Crippen LogP contribution in [-0.2, 0) is 0 Å². The van der Waals surface area contributed by atoms with E-state index in [1.54, 1.807) is 0 Å². The van der Waals surface area contributed by atoms with Crippen molar-refractivity contribution in [1.29, 1.82) is 0 Å². The molecule has 1 fully saturated rings. The van der Waals surface area contributed by atoms with Crippen molar-refractivity contribution >= 4 is 5.69 Å². The zero-order valence-corrected chi connectivity index (χ0v) is 13.8. The number of piperidine rings is 1. The number of hydrogen-bond donors (Lipinski definition) is 0. The van der Waals surface area contributed by atoms with Crippen LogP contribution in [0.2, 0.25) is 0 Å². The summed E-state index contributed by atoms with van der Waals surface area (Å²) in [7, 11) is 0. The molecular weight excluding hydrogens is 274 g/mol. The molecule has 3 rings (SSSR count). The molecule has 22 heavy (non-hydrogen) atoms. The van der Waals surface area contributed by atoms with E-state index in [9.17, 15) is 9.59 Å². The van der Waals surface area contributed by atoms with E-state index in [0.717, 1.165) is 36.1 Å². The Balaban J connectivity index is 2.14. The molecule has 1 aliphatic rings. The van der Waals surface area contributed by atoms with E-state index in [4.69, 9.17) is 0 Å². The highest BCUT2D eigenvalue weighted by Crippen LogP contribution is 2.34. The normalized spacial score (nSPS) is 18.9. The van der Waals surface area contributed by atoms with E-state index in [0.29, 0.717) is 17.3 Å². The predicted octanol–water partition coefficient (Wildman–Crippen LogP) is 3.25. The van der Waals surface area contributed by atoms with Crippen LogP contribution in [0.25, 0.3) is 11.1 Å². The van der Waals surface area contributed by atoms with Gasteiger partial charge < -0.3 is 4.90 Å². The maximum atomic E-state index is 12.2. The smallest absolute Gasteiger partial charge is 0.250 e. The van der Waals surface area contributed by atoms with Gasteiger partial charge in [0.15, 0.2) is 0 Å². The predicted molar refractivity (Wildman–Crippen MR) is 91.7 cm³/mol. The fourth-order valence-electron chi connectivity index (χ4n) is 3.56. The summed E-state index contributed by atoms with van der Waals surface area (Å²) in [5, 5.41) is 0. The Kier molecular flexibility index (Phi) is 3.67. The molecule has 0 radical (unpaired) electrons. The van der Waals surface area contributed by atoms with Gasteiger partial charge in [0.1, 0.15) is 5.69 Å². The topological polar surface area (TPSA) is 37.4 Å². The molecule has 116 valence electrons. The van der Waals surface area contributed by atoms with Crippen LogP contribution in [0.3, 0.4) is 0 Å². The summed E-state index contributed by atoms with van der Waals surface area (Å²) >= 11 is 0. The Bertz CT molecular complexity index is 796. The van der Waals surface area contributed by atoms with Crippen molar-refractivity contribution in [1.82, 2.24) is 0 Å². The highest BCUT2D eigenvalue weighted by Gasteiger charge is 2.31. The van der Waals surface area contributed by atoms with Crippen molar-refractivity contribution < 1.29 is 0 Å². The van der Waals surface area contributed by atoms with Crippen LogP contribution in [0.4, 0.5) is 5.69 Å². The molecule has 1 heterocycles. The first-order valence-electron chi connectivity index (χ1n) is 8.10. The van der Waals surface area contributed by atoms with Crippen molar-refractivity contribution in [2.75, 3.05) is 11.4 Å². The van der Waals surface area contributed by atoms with Gasteiger partial charge in [-0.3, -0.25) is 9.59 Å². The Morgan fingerprint density at radius 3 is 2.32 bits per heavy atom. The van der Waals surface area contributed by atoms with E-state index in [-0.39, 0.29) is 10.9 Å². The number of rotatable bonds is 2. The van der Waals surface area contributed by atoms with Crippen molar-refractivity contribution in [3.63, 3.8) is 0 Å². The van der Waals surface area contributed by atoms with Crippen LogP contribution < -0.4 is 15.8 Å². The SMILES string of the molecule is Cc1cc(C)c(-c2c(N3CCCCC3C)c(=O)c2=O)cc1C. The fourth-order valence-corrected chi connectivity index (χ4v) is 3.56. The van der Waals surface area contributed by atoms with Crippen LogP contribution >= 0.6 is 0 Å². The lowest BCUT2D eigenvalue weighted by Crippen LogP contribution is -2.47. The first kappa shape index (κ1) is 15.0. The van der Waals surface area contributed by atoms with Crippen molar-refractivity contribution in [3.05, 3.63) is 49.3 Å². The second kappa shape index (κ2) is 5.38. The summed E-state index contributed by atoms with van der Waals surface area (Å²) in [6.45, 7) is 9.16. The second-order valence-corrected chi connectivity index (χ2v) is 6.67. The van der Waals surface area contributed by atoms with Gasteiger partial charge in [-0.1, -0.05) is 12.1 Å². The largest absolute Gasteiger partial charge is 0.365 e. The summed E-state index contributed by atoms with van der Waals surface area (Å²) < 4.78 is 0. The van der Waals surface area contributed by atoms with Gasteiger partial charge in [-0.05, 0) is 69.2 Å². The summed E-state index contributed by atoms with van der Waals surface area (Å²) in [4.78, 5) is 26.6. The van der Waals surface area contributed by atoms with Gasteiger partial charge >= 0.3 is 0 Å². The lowest BCUT2D eigenvalue weighted by Gasteiger charge is -2.37. The van der Waals surface area contributed by atoms with Crippen molar-refractivity contribution in [3.8, 4) is 11.1 Å². The molecule has 0 amide bonds. The van der Waals surface area contributed by atoms with Gasteiger partial charge in [-0.15, -0.1) is 0 Å². The van der Waals surface area contributed by atoms with Crippen LogP contribution in [0.15, 0.2) is 21.7 Å². The van der Waals surface area contributed by atoms with E-state index < -0.39 is 0 Å². The standard InChI is InChI=1S/C19H23NO2/c1-11-9-13(3)15(10-12(11)2)16-17(19(22)18(16)21)20-8-6-5-7-14(20)4/h9-10,14H,5-8H2,1-4H3. The lowest BCUT2D eigenvalue weighted by atomic mass is 9.89. The molecule has 1 saturated heterocycles. The van der Waals surface area contributed by atoms with E-state index in [1.807, 2.05) is 13.8 Å². The molecule has 0 bridgehead atoms. The van der Waals surface area contributed by atoms with Gasteiger partial charge in [-0.25, -0.2) is 0 Å². The number of aryl methyl sites for hydroxylation is 3. The molecule has 2 aromatic carbocycles. The molecule has 1 atom stereocenters. The summed E-state index contributed by atoms with van der Waals surface area (Å²) in [5.41, 5.74) is 5.05. The first-order valence-corrected chi connectivity index (χ1v) is 8.10. The molecule has 0 N–H and O–H groups in total. The molecule has 2 aromatic rings. The average Bonchev–Trinajstić information content (AvgIpc) is 2.49. The highest BCUT2D eigenvalue weighted by molar-refractivity contribution is 5.85. The van der Waals surface area contributed by atoms with Crippen LogP contribution in [0.1, 0.15) is 42.9 Å². The molecule has 3 heteroatoms. The zero-order valence-electron chi connectivity index (χ0n) is 13.8. The third kappa shape index (κ3) is 2.20. The van der Waals surface area contributed by atoms with E-state index in [1.165, 1.54) is 12.0 Å². The minimum absolute atomic E-state index is 0.304. The molecule has 1 aliphatic heterocycles. The van der Waals surface area contributed by atoms with Gasteiger partial charge in [0.2, 0.25) is 10.9 Å². The Morgan fingerprint density at radius 2 is 1.64 bits per heavy atom. The molecule has 0 saturated carbocycles. The summed E-state index contributed by atoms with van der Waals surface area (Å²) in [6, 6.07) is 4.49. The number of benzene rings is 1. The van der Waals surface area contributed by atoms with Crippen molar-refractivity contribution in [2.45, 2.75) is 53.0 Å². The number of nitrogens with zero attached hydrogens (tertiary/aromatic N) is 1. The zero-order chi connectivity index (χ0) is 16.0. The van der Waals surface area contributed by atoms with Crippen LogP contribution in [0.5, 0.6) is 0 Å². The highest BCUT2D eigenvalue weighted by atomic mass is 16.2. The van der Waals surface area contributed by atoms with Crippen LogP contribution in [0, 0.1) is 20.8 Å². The molecule has 1 unspecified atom stereocenters. The summed E-state index contributed by atoms with van der Waals surface area (Å²) in [6.07, 6.45) is 3.38. The third-order valence-corrected chi connectivity index (χ3v) is 5.09. The molecule has 0 aliphatic carbocycles. The van der Waals surface area contributed by atoms with Gasteiger partial charge in [0.05, 0.1) is 5.56 Å².